The molecule has 1 aliphatic rings. The van der Waals surface area contributed by atoms with E-state index < -0.39 is 0 Å². The van der Waals surface area contributed by atoms with E-state index in [1.54, 1.807) is 6.20 Å². The van der Waals surface area contributed by atoms with Crippen molar-refractivity contribution in [1.29, 1.82) is 0 Å². The zero-order chi connectivity index (χ0) is 16.1. The van der Waals surface area contributed by atoms with Crippen molar-refractivity contribution in [2.75, 3.05) is 11.9 Å². The molecule has 5 heteroatoms. The van der Waals surface area contributed by atoms with Gasteiger partial charge in [-0.05, 0) is 56.5 Å². The van der Waals surface area contributed by atoms with Gasteiger partial charge in [-0.25, -0.2) is 9.97 Å². The molecule has 1 atom stereocenters. The number of carbonyl (C=O) groups is 1. The number of hydrogen-bond acceptors (Lipinski definition) is 4. The number of amides is 1. The number of nitrogens with one attached hydrogen (secondary N) is 1. The van der Waals surface area contributed by atoms with Crippen LogP contribution in [0, 0.1) is 6.92 Å². The fraction of sp³-hybridized carbons (Fsp3) is 0.389. The molecule has 1 amide bonds. The molecule has 0 saturated carbocycles. The molecule has 3 rings (SSSR count). The molecule has 1 aromatic carbocycles. The van der Waals surface area contributed by atoms with Crippen molar-refractivity contribution in [2.24, 2.45) is 0 Å². The second-order valence-corrected chi connectivity index (χ2v) is 5.82. The second-order valence-electron chi connectivity index (χ2n) is 5.82. The van der Waals surface area contributed by atoms with E-state index in [1.807, 2.05) is 37.3 Å². The Bertz CT molecular complexity index is 664. The summed E-state index contributed by atoms with van der Waals surface area (Å²) in [6.45, 7) is 2.77. The molecule has 1 aliphatic heterocycles. The molecule has 1 fully saturated rings. The maximum atomic E-state index is 12.0. The Morgan fingerprint density at radius 3 is 2.83 bits per heavy atom. The normalized spacial score (nSPS) is 17.2. The van der Waals surface area contributed by atoms with Crippen molar-refractivity contribution >= 4 is 11.6 Å². The number of carbonyl (C=O) groups excluding carboxylic acids is 1. The fourth-order valence-corrected chi connectivity index (χ4v) is 2.68. The number of hydrogen-bond donors (Lipinski definition) is 1. The van der Waals surface area contributed by atoms with Crippen LogP contribution in [0.4, 0.5) is 5.69 Å². The van der Waals surface area contributed by atoms with Crippen LogP contribution in [0.2, 0.25) is 0 Å². The highest BCUT2D eigenvalue weighted by atomic mass is 16.5. The van der Waals surface area contributed by atoms with Crippen molar-refractivity contribution < 1.29 is 9.53 Å². The molecular weight excluding hydrogens is 290 g/mol. The Hall–Kier alpha value is -2.27. The average Bonchev–Trinajstić information content (AvgIpc) is 3.07. The summed E-state index contributed by atoms with van der Waals surface area (Å²) in [4.78, 5) is 20.6. The van der Waals surface area contributed by atoms with E-state index in [0.717, 1.165) is 42.8 Å². The highest BCUT2D eigenvalue weighted by Gasteiger charge is 2.16. The van der Waals surface area contributed by atoms with Gasteiger partial charge in [0.2, 0.25) is 5.91 Å². The summed E-state index contributed by atoms with van der Waals surface area (Å²) in [5.74, 6) is 0.723. The number of benzene rings is 1. The zero-order valence-corrected chi connectivity index (χ0v) is 13.3. The number of ether oxygens (including phenoxy) is 1. The summed E-state index contributed by atoms with van der Waals surface area (Å²) in [6.07, 6.45) is 5.46. The lowest BCUT2D eigenvalue weighted by Gasteiger charge is -2.09. The summed E-state index contributed by atoms with van der Waals surface area (Å²) in [6, 6.07) is 9.47. The van der Waals surface area contributed by atoms with Gasteiger partial charge in [0.15, 0.2) is 5.82 Å². The van der Waals surface area contributed by atoms with Gasteiger partial charge in [-0.15, -0.1) is 0 Å². The number of rotatable bonds is 5. The smallest absolute Gasteiger partial charge is 0.224 e. The van der Waals surface area contributed by atoms with Crippen molar-refractivity contribution in [3.05, 3.63) is 42.2 Å². The Labute approximate surface area is 136 Å². The summed E-state index contributed by atoms with van der Waals surface area (Å²) in [7, 11) is 0. The van der Waals surface area contributed by atoms with Gasteiger partial charge in [0.25, 0.3) is 0 Å². The van der Waals surface area contributed by atoms with Crippen LogP contribution in [0.5, 0.6) is 0 Å². The first-order valence-corrected chi connectivity index (χ1v) is 8.02. The van der Waals surface area contributed by atoms with E-state index >= 15 is 0 Å². The van der Waals surface area contributed by atoms with Crippen LogP contribution in [0.15, 0.2) is 36.5 Å². The SMILES string of the molecule is Cc1ccnc(-c2ccc(NC(=O)CC[C@H]3CCCO3)cc2)n1. The molecule has 2 heterocycles. The quantitative estimate of drug-likeness (QED) is 0.919. The Morgan fingerprint density at radius 2 is 2.13 bits per heavy atom. The topological polar surface area (TPSA) is 64.1 Å². The lowest BCUT2D eigenvalue weighted by Crippen LogP contribution is -2.15. The maximum absolute atomic E-state index is 12.0. The minimum atomic E-state index is 0.0278. The van der Waals surface area contributed by atoms with E-state index in [2.05, 4.69) is 15.3 Å². The predicted octanol–water partition coefficient (Wildman–Crippen LogP) is 3.35. The monoisotopic (exact) mass is 311 g/mol. The number of aromatic nitrogens is 2. The van der Waals surface area contributed by atoms with Crippen molar-refractivity contribution in [3.8, 4) is 11.4 Å². The molecule has 1 saturated heterocycles. The molecule has 0 spiro atoms. The van der Waals surface area contributed by atoms with Gasteiger partial charge in [-0.3, -0.25) is 4.79 Å². The Morgan fingerprint density at radius 1 is 1.30 bits per heavy atom. The Kier molecular flexibility index (Phi) is 4.98. The van der Waals surface area contributed by atoms with Crippen LogP contribution in [-0.4, -0.2) is 28.6 Å². The van der Waals surface area contributed by atoms with Crippen molar-refractivity contribution in [1.82, 2.24) is 9.97 Å². The van der Waals surface area contributed by atoms with Crippen LogP contribution in [0.3, 0.4) is 0 Å². The van der Waals surface area contributed by atoms with Gasteiger partial charge in [0, 0.05) is 36.2 Å². The minimum Gasteiger partial charge on any atom is -0.378 e. The van der Waals surface area contributed by atoms with Crippen LogP contribution in [-0.2, 0) is 9.53 Å². The Balaban J connectivity index is 1.55. The molecule has 5 nitrogen and oxygen atoms in total. The predicted molar refractivity (Wildman–Crippen MR) is 89.0 cm³/mol. The van der Waals surface area contributed by atoms with Gasteiger partial charge < -0.3 is 10.1 Å². The third kappa shape index (κ3) is 4.36. The van der Waals surface area contributed by atoms with E-state index in [-0.39, 0.29) is 12.0 Å². The van der Waals surface area contributed by atoms with Gasteiger partial charge in [-0.1, -0.05) is 0 Å². The first kappa shape index (κ1) is 15.6. The van der Waals surface area contributed by atoms with Crippen LogP contribution in [0.25, 0.3) is 11.4 Å². The fourth-order valence-electron chi connectivity index (χ4n) is 2.68. The summed E-state index contributed by atoms with van der Waals surface area (Å²) < 4.78 is 5.53. The lowest BCUT2D eigenvalue weighted by molar-refractivity contribution is -0.116. The van der Waals surface area contributed by atoms with Crippen LogP contribution < -0.4 is 5.32 Å². The van der Waals surface area contributed by atoms with Gasteiger partial charge in [-0.2, -0.15) is 0 Å². The standard InChI is InChI=1S/C18H21N3O2/c1-13-10-11-19-18(20-13)14-4-6-15(7-5-14)21-17(22)9-8-16-3-2-12-23-16/h4-7,10-11,16H,2-3,8-9,12H2,1H3,(H,21,22)/t16-/m1/s1. The molecule has 0 aliphatic carbocycles. The summed E-state index contributed by atoms with van der Waals surface area (Å²) in [5.41, 5.74) is 2.66. The molecule has 120 valence electrons. The van der Waals surface area contributed by atoms with Gasteiger partial charge in [0.1, 0.15) is 0 Å². The van der Waals surface area contributed by atoms with E-state index in [1.165, 1.54) is 0 Å². The van der Waals surface area contributed by atoms with E-state index in [0.29, 0.717) is 12.2 Å². The highest BCUT2D eigenvalue weighted by Crippen LogP contribution is 2.19. The number of aryl methyl sites for hydroxylation is 1. The first-order chi connectivity index (χ1) is 11.2. The van der Waals surface area contributed by atoms with E-state index in [4.69, 9.17) is 4.74 Å². The highest BCUT2D eigenvalue weighted by molar-refractivity contribution is 5.90. The van der Waals surface area contributed by atoms with Crippen molar-refractivity contribution in [2.45, 2.75) is 38.7 Å². The zero-order valence-electron chi connectivity index (χ0n) is 13.3. The molecule has 2 aromatic rings. The average molecular weight is 311 g/mol. The summed E-state index contributed by atoms with van der Waals surface area (Å²) in [5, 5.41) is 2.92. The molecule has 0 unspecified atom stereocenters. The lowest BCUT2D eigenvalue weighted by atomic mass is 10.1. The third-order valence-corrected chi connectivity index (χ3v) is 3.94. The molecule has 0 bridgehead atoms. The molecule has 23 heavy (non-hydrogen) atoms. The summed E-state index contributed by atoms with van der Waals surface area (Å²) >= 11 is 0. The van der Waals surface area contributed by atoms with Crippen LogP contribution >= 0.6 is 0 Å². The van der Waals surface area contributed by atoms with Crippen LogP contribution in [0.1, 0.15) is 31.4 Å². The molecular formula is C18H21N3O2. The third-order valence-electron chi connectivity index (χ3n) is 3.94. The largest absolute Gasteiger partial charge is 0.378 e. The molecule has 0 radical (unpaired) electrons. The van der Waals surface area contributed by atoms with Gasteiger partial charge in [0.05, 0.1) is 6.10 Å². The molecule has 1 N–H and O–H groups in total. The minimum absolute atomic E-state index is 0.0278. The second kappa shape index (κ2) is 7.33. The number of anilines is 1. The first-order valence-electron chi connectivity index (χ1n) is 8.02. The maximum Gasteiger partial charge on any atom is 0.224 e. The van der Waals surface area contributed by atoms with E-state index in [9.17, 15) is 4.79 Å². The molecule has 1 aromatic heterocycles. The number of nitrogens with zero attached hydrogens (tertiary/aromatic N) is 2. The van der Waals surface area contributed by atoms with Crippen molar-refractivity contribution in [3.63, 3.8) is 0 Å². The van der Waals surface area contributed by atoms with Gasteiger partial charge >= 0.3 is 0 Å².